The summed E-state index contributed by atoms with van der Waals surface area (Å²) in [6.45, 7) is 0. The number of hydrogen-bond donors (Lipinski definition) is 2. The third-order valence-electron chi connectivity index (χ3n) is 3.92. The van der Waals surface area contributed by atoms with Crippen LogP contribution in [0.1, 0.15) is 11.1 Å². The Balaban J connectivity index is 2.00. The molecule has 0 saturated carbocycles. The van der Waals surface area contributed by atoms with Crippen molar-refractivity contribution < 1.29 is 31.1 Å². The predicted molar refractivity (Wildman–Crippen MR) is 96.0 cm³/mol. The normalized spacial score (nSPS) is 12.0. The van der Waals surface area contributed by atoms with Crippen LogP contribution in [-0.2, 0) is 12.4 Å². The fourth-order valence-corrected chi connectivity index (χ4v) is 2.50. The molecule has 3 N–H and O–H groups in total. The molecule has 6 nitrogen and oxygen atoms in total. The van der Waals surface area contributed by atoms with Gasteiger partial charge in [0.25, 0.3) is 0 Å². The van der Waals surface area contributed by atoms with Crippen molar-refractivity contribution in [3.63, 3.8) is 0 Å². The SMILES string of the molecule is COc1ccc(-c2nc(Nc3cc(C(F)(F)F)cc(C(F)(F)F)c3)nnc2N)cc1. The Kier molecular flexibility index (Phi) is 5.42. The van der Waals surface area contributed by atoms with Gasteiger partial charge in [0.1, 0.15) is 11.4 Å². The van der Waals surface area contributed by atoms with Crippen LogP contribution in [0.4, 0.5) is 43.8 Å². The number of rotatable bonds is 4. The molecule has 0 aliphatic rings. The molecule has 1 heterocycles. The summed E-state index contributed by atoms with van der Waals surface area (Å²) >= 11 is 0. The largest absolute Gasteiger partial charge is 0.497 e. The lowest BCUT2D eigenvalue weighted by molar-refractivity contribution is -0.143. The predicted octanol–water partition coefficient (Wildman–Crippen LogP) is 4.91. The molecule has 0 bridgehead atoms. The first kappa shape index (κ1) is 21.1. The lowest BCUT2D eigenvalue weighted by Crippen LogP contribution is -2.12. The summed E-state index contributed by atoms with van der Waals surface area (Å²) in [5.74, 6) is 0.148. The number of anilines is 3. The maximum atomic E-state index is 13.0. The molecule has 3 aromatic rings. The molecule has 0 unspecified atom stereocenters. The summed E-state index contributed by atoms with van der Waals surface area (Å²) < 4.78 is 83.1. The van der Waals surface area contributed by atoms with Crippen molar-refractivity contribution in [2.75, 3.05) is 18.2 Å². The molecule has 0 saturated heterocycles. The molecule has 3 rings (SSSR count). The Hall–Kier alpha value is -3.57. The first-order chi connectivity index (χ1) is 14.0. The summed E-state index contributed by atoms with van der Waals surface area (Å²) in [6.07, 6.45) is -9.96. The van der Waals surface area contributed by atoms with E-state index in [-0.39, 0.29) is 23.5 Å². The van der Waals surface area contributed by atoms with E-state index in [0.29, 0.717) is 23.4 Å². The van der Waals surface area contributed by atoms with Crippen LogP contribution in [-0.4, -0.2) is 22.3 Å². The van der Waals surface area contributed by atoms with Crippen molar-refractivity contribution in [2.24, 2.45) is 0 Å². The number of benzene rings is 2. The van der Waals surface area contributed by atoms with E-state index >= 15 is 0 Å². The van der Waals surface area contributed by atoms with E-state index in [9.17, 15) is 26.3 Å². The molecule has 0 fully saturated rings. The second-order valence-electron chi connectivity index (χ2n) is 6.02. The fraction of sp³-hybridized carbons (Fsp3) is 0.167. The van der Waals surface area contributed by atoms with Crippen LogP contribution < -0.4 is 15.8 Å². The molecule has 0 aliphatic carbocycles. The highest BCUT2D eigenvalue weighted by Crippen LogP contribution is 2.38. The number of ether oxygens (including phenoxy) is 1. The van der Waals surface area contributed by atoms with Gasteiger partial charge in [0, 0.05) is 11.3 Å². The minimum atomic E-state index is -4.98. The van der Waals surface area contributed by atoms with Crippen molar-refractivity contribution in [3.05, 3.63) is 53.6 Å². The van der Waals surface area contributed by atoms with Crippen LogP contribution in [0.2, 0.25) is 0 Å². The molecule has 30 heavy (non-hydrogen) atoms. The molecule has 158 valence electrons. The van der Waals surface area contributed by atoms with Gasteiger partial charge in [-0.1, -0.05) is 0 Å². The van der Waals surface area contributed by atoms with Crippen molar-refractivity contribution in [1.82, 2.24) is 15.2 Å². The Morgan fingerprint density at radius 1 is 0.867 bits per heavy atom. The van der Waals surface area contributed by atoms with Crippen LogP contribution in [0.15, 0.2) is 42.5 Å². The highest BCUT2D eigenvalue weighted by atomic mass is 19.4. The first-order valence-corrected chi connectivity index (χ1v) is 8.18. The van der Waals surface area contributed by atoms with Gasteiger partial charge < -0.3 is 15.8 Å². The monoisotopic (exact) mass is 429 g/mol. The van der Waals surface area contributed by atoms with Crippen LogP contribution in [0.3, 0.4) is 0 Å². The zero-order valence-corrected chi connectivity index (χ0v) is 15.1. The summed E-state index contributed by atoms with van der Waals surface area (Å²) in [7, 11) is 1.47. The van der Waals surface area contributed by atoms with Crippen molar-refractivity contribution in [3.8, 4) is 17.0 Å². The topological polar surface area (TPSA) is 86.0 Å². The lowest BCUT2D eigenvalue weighted by Gasteiger charge is -2.15. The molecular weight excluding hydrogens is 416 g/mol. The number of nitrogen functional groups attached to an aromatic ring is 1. The Morgan fingerprint density at radius 3 is 1.93 bits per heavy atom. The Morgan fingerprint density at radius 2 is 1.43 bits per heavy atom. The molecule has 0 aliphatic heterocycles. The second-order valence-corrected chi connectivity index (χ2v) is 6.02. The minimum absolute atomic E-state index is 0.0239. The van der Waals surface area contributed by atoms with Gasteiger partial charge in [0.15, 0.2) is 5.82 Å². The third kappa shape index (κ3) is 4.70. The molecule has 0 amide bonds. The van der Waals surface area contributed by atoms with Gasteiger partial charge in [-0.05, 0) is 42.5 Å². The summed E-state index contributed by atoms with van der Waals surface area (Å²) in [5.41, 5.74) is 2.93. The third-order valence-corrected chi connectivity index (χ3v) is 3.92. The quantitative estimate of drug-likeness (QED) is 0.574. The number of nitrogens with one attached hydrogen (secondary N) is 1. The summed E-state index contributed by atoms with van der Waals surface area (Å²) in [4.78, 5) is 4.06. The standard InChI is InChI=1S/C18H13F6N5O/c1-30-13-4-2-9(3-5-13)14-15(25)28-29-16(27-14)26-12-7-10(17(19,20)21)6-11(8-12)18(22,23)24/h2-8H,1H3,(H2,25,28)(H,26,27,29). The maximum Gasteiger partial charge on any atom is 0.416 e. The molecule has 0 atom stereocenters. The van der Waals surface area contributed by atoms with E-state index in [4.69, 9.17) is 10.5 Å². The average Bonchev–Trinajstić information content (AvgIpc) is 2.68. The van der Waals surface area contributed by atoms with Crippen LogP contribution in [0.25, 0.3) is 11.3 Å². The molecule has 12 heteroatoms. The van der Waals surface area contributed by atoms with Gasteiger partial charge in [0.05, 0.1) is 18.2 Å². The number of alkyl halides is 6. The number of hydrogen-bond acceptors (Lipinski definition) is 6. The molecule has 0 radical (unpaired) electrons. The molecule has 0 spiro atoms. The van der Waals surface area contributed by atoms with Gasteiger partial charge in [-0.2, -0.15) is 26.3 Å². The van der Waals surface area contributed by atoms with Crippen LogP contribution in [0.5, 0.6) is 5.75 Å². The van der Waals surface area contributed by atoms with Gasteiger partial charge in [0.2, 0.25) is 5.95 Å². The Labute approximate surface area is 165 Å². The van der Waals surface area contributed by atoms with E-state index in [2.05, 4.69) is 20.5 Å². The van der Waals surface area contributed by atoms with Gasteiger partial charge in [-0.3, -0.25) is 0 Å². The summed E-state index contributed by atoms with van der Waals surface area (Å²) in [5, 5.41) is 9.58. The molecular formula is C18H13F6N5O. The summed E-state index contributed by atoms with van der Waals surface area (Å²) in [6, 6.07) is 7.50. The second kappa shape index (κ2) is 7.69. The van der Waals surface area contributed by atoms with Gasteiger partial charge in [-0.15, -0.1) is 10.2 Å². The lowest BCUT2D eigenvalue weighted by atomic mass is 10.1. The number of methoxy groups -OCH3 is 1. The van der Waals surface area contributed by atoms with E-state index in [1.54, 1.807) is 24.3 Å². The highest BCUT2D eigenvalue weighted by molar-refractivity contribution is 5.71. The number of nitrogens with zero attached hydrogens (tertiary/aromatic N) is 3. The first-order valence-electron chi connectivity index (χ1n) is 8.18. The zero-order chi connectivity index (χ0) is 22.1. The highest BCUT2D eigenvalue weighted by Gasteiger charge is 2.37. The van der Waals surface area contributed by atoms with Crippen molar-refractivity contribution in [2.45, 2.75) is 12.4 Å². The van der Waals surface area contributed by atoms with Gasteiger partial charge >= 0.3 is 12.4 Å². The van der Waals surface area contributed by atoms with E-state index in [1.807, 2.05) is 0 Å². The maximum absolute atomic E-state index is 13.0. The van der Waals surface area contributed by atoms with Gasteiger partial charge in [-0.25, -0.2) is 4.98 Å². The van der Waals surface area contributed by atoms with E-state index in [0.717, 1.165) is 0 Å². The fourth-order valence-electron chi connectivity index (χ4n) is 2.50. The Bertz CT molecular complexity index is 1020. The van der Waals surface area contributed by atoms with Crippen LogP contribution >= 0.6 is 0 Å². The van der Waals surface area contributed by atoms with Crippen molar-refractivity contribution in [1.29, 1.82) is 0 Å². The van der Waals surface area contributed by atoms with E-state index in [1.165, 1.54) is 7.11 Å². The van der Waals surface area contributed by atoms with E-state index < -0.39 is 29.2 Å². The van der Waals surface area contributed by atoms with Crippen molar-refractivity contribution >= 4 is 17.5 Å². The molecule has 2 aromatic carbocycles. The minimum Gasteiger partial charge on any atom is -0.497 e. The number of aromatic nitrogens is 3. The smallest absolute Gasteiger partial charge is 0.416 e. The zero-order valence-electron chi connectivity index (χ0n) is 15.1. The number of nitrogens with two attached hydrogens (primary N) is 1. The average molecular weight is 429 g/mol. The number of halogens is 6. The van der Waals surface area contributed by atoms with Crippen LogP contribution in [0, 0.1) is 0 Å². The molecule has 1 aromatic heterocycles.